The molecule has 1 saturated carbocycles. The lowest BCUT2D eigenvalue weighted by atomic mass is 9.97. The summed E-state index contributed by atoms with van der Waals surface area (Å²) < 4.78 is 7.72. The Hall–Kier alpha value is -1.43. The molecule has 0 aromatic carbocycles. The topological polar surface area (TPSA) is 69.0 Å². The van der Waals surface area contributed by atoms with E-state index in [9.17, 15) is 4.79 Å². The van der Waals surface area contributed by atoms with E-state index in [1.54, 1.807) is 0 Å². The summed E-state index contributed by atoms with van der Waals surface area (Å²) in [5.41, 5.74) is -0.744. The van der Waals surface area contributed by atoms with Gasteiger partial charge < -0.3 is 10.1 Å². The predicted molar refractivity (Wildman–Crippen MR) is 87.0 cm³/mol. The third-order valence-electron chi connectivity index (χ3n) is 5.08. The van der Waals surface area contributed by atoms with Crippen LogP contribution in [0.3, 0.4) is 0 Å². The lowest BCUT2D eigenvalue weighted by molar-refractivity contribution is -0.135. The van der Waals surface area contributed by atoms with E-state index in [-0.39, 0.29) is 5.91 Å². The van der Waals surface area contributed by atoms with Gasteiger partial charge in [-0.05, 0) is 32.1 Å². The number of fused-ring (bicyclic) bond motifs is 1. The van der Waals surface area contributed by atoms with Crippen LogP contribution in [-0.4, -0.2) is 33.8 Å². The van der Waals surface area contributed by atoms with Crippen LogP contribution in [-0.2, 0) is 21.7 Å². The number of amides is 1. The Kier molecular flexibility index (Phi) is 4.71. The van der Waals surface area contributed by atoms with Crippen molar-refractivity contribution in [3.8, 4) is 0 Å². The van der Waals surface area contributed by atoms with Crippen LogP contribution < -0.4 is 5.32 Å². The number of hydrogen-bond acceptors (Lipinski definition) is 4. The number of nitrogens with one attached hydrogen (secondary N) is 1. The van der Waals surface area contributed by atoms with Gasteiger partial charge in [0.25, 0.3) is 0 Å². The number of carbonyl (C=O) groups excluding carboxylic acids is 1. The third kappa shape index (κ3) is 3.13. The number of aromatic nitrogens is 3. The van der Waals surface area contributed by atoms with Gasteiger partial charge in [0.15, 0.2) is 5.82 Å². The first kappa shape index (κ1) is 16.4. The van der Waals surface area contributed by atoms with E-state index >= 15 is 0 Å². The molecule has 1 aliphatic heterocycles. The van der Waals surface area contributed by atoms with E-state index in [2.05, 4.69) is 33.9 Å². The first-order chi connectivity index (χ1) is 11.0. The Labute approximate surface area is 138 Å². The average molecular weight is 320 g/mol. The van der Waals surface area contributed by atoms with E-state index in [0.717, 1.165) is 30.9 Å². The molecule has 1 aromatic heterocycles. The highest BCUT2D eigenvalue weighted by Crippen LogP contribution is 2.37. The first-order valence-corrected chi connectivity index (χ1v) is 8.83. The molecular formula is C17H28N4O2. The second-order valence-electron chi connectivity index (χ2n) is 7.50. The molecular weight excluding hydrogens is 292 g/mol. The summed E-state index contributed by atoms with van der Waals surface area (Å²) >= 11 is 0. The molecule has 1 unspecified atom stereocenters. The molecule has 6 heteroatoms. The lowest BCUT2D eigenvalue weighted by Gasteiger charge is -2.36. The van der Waals surface area contributed by atoms with Crippen LogP contribution in [0.2, 0.25) is 0 Å². The van der Waals surface area contributed by atoms with E-state index in [1.807, 2.05) is 6.92 Å². The molecule has 1 aromatic rings. The fourth-order valence-electron chi connectivity index (χ4n) is 3.65. The SMILES string of the molecule is CC(C)CCNC(=O)C1(C)COCc2nnc(C3CCCC3)n21. The Morgan fingerprint density at radius 2 is 2.13 bits per heavy atom. The van der Waals surface area contributed by atoms with Crippen LogP contribution in [0.5, 0.6) is 0 Å². The highest BCUT2D eigenvalue weighted by Gasteiger charge is 2.43. The van der Waals surface area contributed by atoms with Crippen molar-refractivity contribution in [2.75, 3.05) is 13.2 Å². The molecule has 1 amide bonds. The summed E-state index contributed by atoms with van der Waals surface area (Å²) in [5.74, 6) is 2.77. The zero-order valence-electron chi connectivity index (χ0n) is 14.5. The van der Waals surface area contributed by atoms with Gasteiger partial charge in [0.1, 0.15) is 18.0 Å². The Morgan fingerprint density at radius 3 is 2.83 bits per heavy atom. The number of nitrogens with zero attached hydrogens (tertiary/aromatic N) is 3. The summed E-state index contributed by atoms with van der Waals surface area (Å²) in [6.45, 7) is 7.78. The molecule has 1 aliphatic carbocycles. The van der Waals surface area contributed by atoms with Crippen LogP contribution in [0, 0.1) is 5.92 Å². The van der Waals surface area contributed by atoms with Crippen LogP contribution in [0.15, 0.2) is 0 Å². The van der Waals surface area contributed by atoms with Gasteiger partial charge in [-0.25, -0.2) is 0 Å². The fourth-order valence-corrected chi connectivity index (χ4v) is 3.65. The molecule has 1 fully saturated rings. The molecule has 23 heavy (non-hydrogen) atoms. The van der Waals surface area contributed by atoms with E-state index in [1.165, 1.54) is 12.8 Å². The summed E-state index contributed by atoms with van der Waals surface area (Å²) in [5, 5.41) is 11.8. The second-order valence-corrected chi connectivity index (χ2v) is 7.50. The number of ether oxygens (including phenoxy) is 1. The molecule has 2 aliphatic rings. The molecule has 128 valence electrons. The maximum Gasteiger partial charge on any atom is 0.248 e. The Balaban J connectivity index is 1.84. The molecule has 0 bridgehead atoms. The van der Waals surface area contributed by atoms with E-state index in [4.69, 9.17) is 4.74 Å². The quantitative estimate of drug-likeness (QED) is 0.904. The van der Waals surface area contributed by atoms with Crippen LogP contribution in [0.1, 0.15) is 70.4 Å². The van der Waals surface area contributed by atoms with Crippen molar-refractivity contribution < 1.29 is 9.53 Å². The van der Waals surface area contributed by atoms with Gasteiger partial charge in [-0.15, -0.1) is 10.2 Å². The van der Waals surface area contributed by atoms with Crippen molar-refractivity contribution in [1.82, 2.24) is 20.1 Å². The Bertz CT molecular complexity index is 563. The van der Waals surface area contributed by atoms with Crippen molar-refractivity contribution >= 4 is 5.91 Å². The van der Waals surface area contributed by atoms with Crippen molar-refractivity contribution in [2.24, 2.45) is 5.92 Å². The number of carbonyl (C=O) groups is 1. The largest absolute Gasteiger partial charge is 0.370 e. The maximum absolute atomic E-state index is 12.9. The first-order valence-electron chi connectivity index (χ1n) is 8.83. The lowest BCUT2D eigenvalue weighted by Crippen LogP contribution is -2.53. The molecule has 2 heterocycles. The highest BCUT2D eigenvalue weighted by atomic mass is 16.5. The minimum Gasteiger partial charge on any atom is -0.370 e. The molecule has 0 radical (unpaired) electrons. The second kappa shape index (κ2) is 6.59. The third-order valence-corrected chi connectivity index (χ3v) is 5.08. The summed E-state index contributed by atoms with van der Waals surface area (Å²) in [6, 6.07) is 0. The zero-order chi connectivity index (χ0) is 16.4. The number of rotatable bonds is 5. The van der Waals surface area contributed by atoms with Gasteiger partial charge in [-0.2, -0.15) is 0 Å². The van der Waals surface area contributed by atoms with Crippen LogP contribution in [0.25, 0.3) is 0 Å². The van der Waals surface area contributed by atoms with E-state index < -0.39 is 5.54 Å². The molecule has 1 N–H and O–H groups in total. The zero-order valence-corrected chi connectivity index (χ0v) is 14.5. The molecule has 3 rings (SSSR count). The Morgan fingerprint density at radius 1 is 1.39 bits per heavy atom. The van der Waals surface area contributed by atoms with E-state index in [0.29, 0.717) is 31.6 Å². The molecule has 6 nitrogen and oxygen atoms in total. The van der Waals surface area contributed by atoms with Gasteiger partial charge in [0, 0.05) is 12.5 Å². The predicted octanol–water partition coefficient (Wildman–Crippen LogP) is 2.34. The van der Waals surface area contributed by atoms with Gasteiger partial charge in [0.2, 0.25) is 5.91 Å². The van der Waals surface area contributed by atoms with Crippen LogP contribution >= 0.6 is 0 Å². The average Bonchev–Trinajstić information content (AvgIpc) is 3.16. The molecule has 1 atom stereocenters. The summed E-state index contributed by atoms with van der Waals surface area (Å²) in [4.78, 5) is 12.9. The van der Waals surface area contributed by atoms with Gasteiger partial charge in [-0.3, -0.25) is 9.36 Å². The van der Waals surface area contributed by atoms with Crippen molar-refractivity contribution in [3.63, 3.8) is 0 Å². The standard InChI is InChI=1S/C17H28N4O2/c1-12(2)8-9-18-16(22)17(3)11-23-10-14-19-20-15(21(14)17)13-6-4-5-7-13/h12-13H,4-11H2,1-3H3,(H,18,22). The minimum absolute atomic E-state index is 0.0122. The van der Waals surface area contributed by atoms with Crippen molar-refractivity contribution in [1.29, 1.82) is 0 Å². The normalized spacial score (nSPS) is 24.9. The summed E-state index contributed by atoms with van der Waals surface area (Å²) in [6.07, 6.45) is 5.74. The number of hydrogen-bond donors (Lipinski definition) is 1. The van der Waals surface area contributed by atoms with Gasteiger partial charge in [-0.1, -0.05) is 26.7 Å². The highest BCUT2D eigenvalue weighted by molar-refractivity contribution is 5.84. The van der Waals surface area contributed by atoms with Crippen molar-refractivity contribution in [2.45, 2.75) is 70.9 Å². The summed E-state index contributed by atoms with van der Waals surface area (Å²) in [7, 11) is 0. The molecule has 0 saturated heterocycles. The van der Waals surface area contributed by atoms with Crippen molar-refractivity contribution in [3.05, 3.63) is 11.6 Å². The molecule has 0 spiro atoms. The monoisotopic (exact) mass is 320 g/mol. The fraction of sp³-hybridized carbons (Fsp3) is 0.824. The van der Waals surface area contributed by atoms with Gasteiger partial charge >= 0.3 is 0 Å². The van der Waals surface area contributed by atoms with Gasteiger partial charge in [0.05, 0.1) is 6.61 Å². The maximum atomic E-state index is 12.9. The smallest absolute Gasteiger partial charge is 0.248 e. The minimum atomic E-state index is -0.744. The van der Waals surface area contributed by atoms with Crippen LogP contribution in [0.4, 0.5) is 0 Å².